The van der Waals surface area contributed by atoms with Crippen LogP contribution >= 0.6 is 0 Å². The van der Waals surface area contributed by atoms with Gasteiger partial charge >= 0.3 is 0 Å². The molecule has 2 bridgehead atoms. The minimum atomic E-state index is 0.0256. The molecule has 6 nitrogen and oxygen atoms in total. The second kappa shape index (κ2) is 5.62. The Balaban J connectivity index is 1.72. The predicted octanol–water partition coefficient (Wildman–Crippen LogP) is 0.976. The molecule has 3 heterocycles. The summed E-state index contributed by atoms with van der Waals surface area (Å²) in [5.74, 6) is 0.393. The Bertz CT molecular complexity index is 741. The van der Waals surface area contributed by atoms with Crippen molar-refractivity contribution < 1.29 is 9.53 Å². The first-order valence-corrected chi connectivity index (χ1v) is 8.12. The first-order chi connectivity index (χ1) is 11.1. The summed E-state index contributed by atoms with van der Waals surface area (Å²) >= 11 is 0. The first-order valence-electron chi connectivity index (χ1n) is 8.12. The zero-order chi connectivity index (χ0) is 16.0. The molecule has 2 saturated heterocycles. The van der Waals surface area contributed by atoms with Gasteiger partial charge in [-0.15, -0.1) is 0 Å². The molecule has 6 heteroatoms. The van der Waals surface area contributed by atoms with Gasteiger partial charge in [0.1, 0.15) is 0 Å². The summed E-state index contributed by atoms with van der Waals surface area (Å²) in [6.07, 6.45) is 0. The van der Waals surface area contributed by atoms with E-state index in [1.807, 2.05) is 36.2 Å². The van der Waals surface area contributed by atoms with Crippen molar-refractivity contribution in [2.45, 2.75) is 6.04 Å². The van der Waals surface area contributed by atoms with E-state index in [0.717, 1.165) is 37.1 Å². The highest BCUT2D eigenvalue weighted by molar-refractivity contribution is 6.05. The van der Waals surface area contributed by atoms with Crippen molar-refractivity contribution in [2.24, 2.45) is 13.0 Å². The van der Waals surface area contributed by atoms with Gasteiger partial charge in [0.25, 0.3) is 5.91 Å². The lowest BCUT2D eigenvalue weighted by Crippen LogP contribution is -2.46. The lowest BCUT2D eigenvalue weighted by molar-refractivity contribution is 0.0481. The van der Waals surface area contributed by atoms with Gasteiger partial charge in [0.2, 0.25) is 0 Å². The Morgan fingerprint density at radius 2 is 2.00 bits per heavy atom. The fourth-order valence-corrected chi connectivity index (χ4v) is 3.83. The van der Waals surface area contributed by atoms with Crippen LogP contribution in [0.3, 0.4) is 0 Å². The lowest BCUT2D eigenvalue weighted by atomic mass is 10.1. The zero-order valence-corrected chi connectivity index (χ0v) is 13.6. The molecule has 2 fully saturated rings. The number of carbonyl (C=O) groups is 1. The molecule has 23 heavy (non-hydrogen) atoms. The van der Waals surface area contributed by atoms with Crippen LogP contribution in [0, 0.1) is 5.92 Å². The predicted molar refractivity (Wildman–Crippen MR) is 87.3 cm³/mol. The van der Waals surface area contributed by atoms with Gasteiger partial charge in [-0.1, -0.05) is 18.2 Å². The summed E-state index contributed by atoms with van der Waals surface area (Å²) in [6.45, 7) is 3.92. The third-order valence-corrected chi connectivity index (χ3v) is 4.87. The van der Waals surface area contributed by atoms with E-state index in [1.54, 1.807) is 4.68 Å². The zero-order valence-electron chi connectivity index (χ0n) is 13.6. The van der Waals surface area contributed by atoms with E-state index in [4.69, 9.17) is 4.74 Å². The van der Waals surface area contributed by atoms with Gasteiger partial charge < -0.3 is 14.5 Å². The van der Waals surface area contributed by atoms with Crippen molar-refractivity contribution in [1.29, 1.82) is 0 Å². The molecule has 1 aromatic heterocycles. The molecule has 1 aromatic carbocycles. The highest BCUT2D eigenvalue weighted by Crippen LogP contribution is 2.24. The summed E-state index contributed by atoms with van der Waals surface area (Å²) in [6, 6.07) is 8.00. The maximum absolute atomic E-state index is 13.2. The molecule has 0 unspecified atom stereocenters. The minimum absolute atomic E-state index is 0.0256. The molecule has 0 saturated carbocycles. The number of amides is 1. The van der Waals surface area contributed by atoms with Crippen LogP contribution in [0.4, 0.5) is 0 Å². The van der Waals surface area contributed by atoms with Gasteiger partial charge in [-0.25, -0.2) is 0 Å². The molecular weight excluding hydrogens is 292 g/mol. The average Bonchev–Trinajstić information content (AvgIpc) is 2.66. The van der Waals surface area contributed by atoms with E-state index >= 15 is 0 Å². The monoisotopic (exact) mass is 314 g/mol. The maximum Gasteiger partial charge on any atom is 0.275 e. The van der Waals surface area contributed by atoms with Crippen molar-refractivity contribution in [3.8, 4) is 0 Å². The van der Waals surface area contributed by atoms with E-state index in [1.165, 1.54) is 0 Å². The number of ether oxygens (including phenoxy) is 1. The molecule has 0 spiro atoms. The van der Waals surface area contributed by atoms with E-state index < -0.39 is 0 Å². The van der Waals surface area contributed by atoms with Crippen LogP contribution in [-0.2, 0) is 11.8 Å². The molecule has 0 aliphatic carbocycles. The van der Waals surface area contributed by atoms with E-state index in [-0.39, 0.29) is 11.9 Å². The third kappa shape index (κ3) is 2.52. The number of carbonyl (C=O) groups excluding carboxylic acids is 1. The molecule has 1 amide bonds. The smallest absolute Gasteiger partial charge is 0.275 e. The van der Waals surface area contributed by atoms with Gasteiger partial charge in [-0.3, -0.25) is 9.48 Å². The van der Waals surface area contributed by atoms with E-state index in [2.05, 4.69) is 17.0 Å². The third-order valence-electron chi connectivity index (χ3n) is 4.87. The van der Waals surface area contributed by atoms with Gasteiger partial charge in [0.05, 0.1) is 24.8 Å². The summed E-state index contributed by atoms with van der Waals surface area (Å²) < 4.78 is 7.56. The Hall–Kier alpha value is -1.92. The standard InChI is InChI=1S/C17H22N4O2/c1-19-7-12-8-21(13(9-19)11-23-10-12)17(22)16-14-5-3-4-6-15(14)20(2)18-16/h3-6,12-13H,7-11H2,1-2H3/t12-,13-/m0/s1. The number of likely N-dealkylation sites (N-methyl/N-ethyl adjacent to an activating group) is 1. The fraction of sp³-hybridized carbons (Fsp3) is 0.529. The highest BCUT2D eigenvalue weighted by atomic mass is 16.5. The summed E-state index contributed by atoms with van der Waals surface area (Å²) in [5.41, 5.74) is 1.54. The molecule has 2 atom stereocenters. The van der Waals surface area contributed by atoms with Crippen LogP contribution in [0.1, 0.15) is 10.5 Å². The average molecular weight is 314 g/mol. The van der Waals surface area contributed by atoms with Crippen LogP contribution in [-0.4, -0.2) is 71.4 Å². The second-order valence-corrected chi connectivity index (χ2v) is 6.73. The number of hydrogen-bond acceptors (Lipinski definition) is 4. The number of para-hydroxylation sites is 1. The maximum atomic E-state index is 13.2. The van der Waals surface area contributed by atoms with E-state index in [9.17, 15) is 4.79 Å². The highest BCUT2D eigenvalue weighted by Gasteiger charge is 2.36. The largest absolute Gasteiger partial charge is 0.379 e. The first kappa shape index (κ1) is 14.7. The lowest BCUT2D eigenvalue weighted by Gasteiger charge is -2.29. The van der Waals surface area contributed by atoms with Crippen LogP contribution < -0.4 is 0 Å². The molecular formula is C17H22N4O2. The molecule has 4 rings (SSSR count). The Morgan fingerprint density at radius 3 is 2.87 bits per heavy atom. The van der Waals surface area contributed by atoms with Crippen LogP contribution in [0.5, 0.6) is 0 Å². The van der Waals surface area contributed by atoms with Crippen molar-refractivity contribution in [3.63, 3.8) is 0 Å². The topological polar surface area (TPSA) is 50.6 Å². The van der Waals surface area contributed by atoms with Gasteiger partial charge in [0, 0.05) is 38.0 Å². The van der Waals surface area contributed by atoms with Crippen molar-refractivity contribution in [2.75, 3.05) is 39.9 Å². The number of benzene rings is 1. The SMILES string of the molecule is CN1C[C@@H]2COC[C@H](C1)N(C(=O)c1nn(C)c3ccccc13)C2. The van der Waals surface area contributed by atoms with Crippen LogP contribution in [0.2, 0.25) is 0 Å². The number of nitrogens with zero attached hydrogens (tertiary/aromatic N) is 4. The van der Waals surface area contributed by atoms with Gasteiger partial charge in [0.15, 0.2) is 5.69 Å². The number of hydrogen-bond donors (Lipinski definition) is 0. The molecule has 0 radical (unpaired) electrons. The minimum Gasteiger partial charge on any atom is -0.379 e. The summed E-state index contributed by atoms with van der Waals surface area (Å²) in [4.78, 5) is 17.5. The van der Waals surface area contributed by atoms with Crippen molar-refractivity contribution in [3.05, 3.63) is 30.0 Å². The number of rotatable bonds is 1. The molecule has 122 valence electrons. The van der Waals surface area contributed by atoms with Crippen molar-refractivity contribution >= 4 is 16.8 Å². The van der Waals surface area contributed by atoms with E-state index in [0.29, 0.717) is 18.2 Å². The second-order valence-electron chi connectivity index (χ2n) is 6.73. The summed E-state index contributed by atoms with van der Waals surface area (Å²) in [7, 11) is 4.01. The van der Waals surface area contributed by atoms with Crippen LogP contribution in [0.15, 0.2) is 24.3 Å². The molecule has 2 aliphatic rings. The Morgan fingerprint density at radius 1 is 1.17 bits per heavy atom. The van der Waals surface area contributed by atoms with Gasteiger partial charge in [-0.05, 0) is 13.1 Å². The van der Waals surface area contributed by atoms with Crippen LogP contribution in [0.25, 0.3) is 10.9 Å². The quantitative estimate of drug-likeness (QED) is 0.787. The normalized spacial score (nSPS) is 25.6. The Labute approximate surface area is 135 Å². The fourth-order valence-electron chi connectivity index (χ4n) is 3.83. The number of fused-ring (bicyclic) bond motifs is 4. The van der Waals surface area contributed by atoms with Gasteiger partial charge in [-0.2, -0.15) is 5.10 Å². The molecule has 2 aromatic rings. The molecule has 2 aliphatic heterocycles. The summed E-state index contributed by atoms with van der Waals surface area (Å²) in [5, 5.41) is 5.42. The number of aryl methyl sites for hydroxylation is 1. The molecule has 0 N–H and O–H groups in total. The Kier molecular flexibility index (Phi) is 3.58. The number of aromatic nitrogens is 2. The van der Waals surface area contributed by atoms with Crippen molar-refractivity contribution in [1.82, 2.24) is 19.6 Å².